The van der Waals surface area contributed by atoms with Crippen LogP contribution in [0.3, 0.4) is 0 Å². The minimum atomic E-state index is -0.200. The number of carbonyl (C=O) groups is 1. The molecule has 0 bridgehead atoms. The van der Waals surface area contributed by atoms with Crippen molar-refractivity contribution in [2.75, 3.05) is 27.2 Å². The second-order valence-electron chi connectivity index (χ2n) is 11.7. The van der Waals surface area contributed by atoms with Crippen LogP contribution in [-0.2, 0) is 4.79 Å². The molecule has 4 nitrogen and oxygen atoms in total. The van der Waals surface area contributed by atoms with Crippen molar-refractivity contribution in [1.82, 2.24) is 9.80 Å². The molecule has 4 atom stereocenters. The van der Waals surface area contributed by atoms with E-state index < -0.39 is 0 Å². The summed E-state index contributed by atoms with van der Waals surface area (Å²) in [4.78, 5) is 17.1. The predicted octanol–water partition coefficient (Wildman–Crippen LogP) is 5.04. The van der Waals surface area contributed by atoms with Crippen LogP contribution in [0.2, 0.25) is 0 Å². The zero-order valence-corrected chi connectivity index (χ0v) is 20.9. The van der Waals surface area contributed by atoms with Crippen LogP contribution in [-0.4, -0.2) is 60.1 Å². The number of rotatable bonds is 5. The van der Waals surface area contributed by atoms with E-state index in [2.05, 4.69) is 53.3 Å². The molecule has 2 saturated carbocycles. The highest BCUT2D eigenvalue weighted by molar-refractivity contribution is 5.88. The van der Waals surface area contributed by atoms with E-state index in [1.165, 1.54) is 11.1 Å². The number of fused-ring (bicyclic) bond motifs is 1. The maximum atomic E-state index is 12.8. The van der Waals surface area contributed by atoms with Crippen molar-refractivity contribution >= 4 is 5.91 Å². The minimum Gasteiger partial charge on any atom is -0.393 e. The van der Waals surface area contributed by atoms with E-state index in [0.29, 0.717) is 17.9 Å². The van der Waals surface area contributed by atoms with Crippen LogP contribution in [0.25, 0.3) is 0 Å². The van der Waals surface area contributed by atoms with E-state index in [1.54, 1.807) is 0 Å². The number of aliphatic hydroxyl groups excluding tert-OH is 1. The van der Waals surface area contributed by atoms with E-state index in [9.17, 15) is 9.90 Å². The Balaban J connectivity index is 1.61. The summed E-state index contributed by atoms with van der Waals surface area (Å²) in [5.41, 5.74) is 2.74. The number of nitrogens with zero attached hydrogens (tertiary/aromatic N) is 2. The Labute approximate surface area is 190 Å². The van der Waals surface area contributed by atoms with Crippen LogP contribution >= 0.6 is 0 Å². The van der Waals surface area contributed by atoms with Gasteiger partial charge in [0.05, 0.1) is 6.10 Å². The van der Waals surface area contributed by atoms with Gasteiger partial charge in [0.1, 0.15) is 0 Å². The largest absolute Gasteiger partial charge is 0.393 e. The Morgan fingerprint density at radius 3 is 2.45 bits per heavy atom. The molecule has 0 aromatic carbocycles. The van der Waals surface area contributed by atoms with Gasteiger partial charge in [-0.05, 0) is 95.1 Å². The Morgan fingerprint density at radius 1 is 1.19 bits per heavy atom. The molecule has 0 aromatic heterocycles. The first-order chi connectivity index (χ1) is 14.5. The molecule has 31 heavy (non-hydrogen) atoms. The minimum absolute atomic E-state index is 0.0362. The second-order valence-corrected chi connectivity index (χ2v) is 11.7. The van der Waals surface area contributed by atoms with E-state index in [1.807, 2.05) is 11.0 Å². The molecule has 4 heteroatoms. The van der Waals surface area contributed by atoms with Crippen molar-refractivity contribution in [3.05, 3.63) is 23.8 Å². The zero-order chi connectivity index (χ0) is 23.0. The molecule has 3 fully saturated rings. The van der Waals surface area contributed by atoms with Gasteiger partial charge in [0.15, 0.2) is 0 Å². The lowest BCUT2D eigenvalue weighted by atomic mass is 9.46. The normalized spacial score (nSPS) is 34.7. The van der Waals surface area contributed by atoms with Crippen LogP contribution in [0.15, 0.2) is 23.8 Å². The summed E-state index contributed by atoms with van der Waals surface area (Å²) in [6.45, 7) is 15.3. The van der Waals surface area contributed by atoms with Gasteiger partial charge in [-0.25, -0.2) is 0 Å². The monoisotopic (exact) mass is 430 g/mol. The molecule has 0 radical (unpaired) electrons. The average Bonchev–Trinajstić information content (AvgIpc) is 2.70. The molecule has 3 rings (SSSR count). The molecule has 0 aromatic rings. The number of likely N-dealkylation sites (tertiary alicyclic amines) is 1. The molecule has 3 aliphatic rings. The van der Waals surface area contributed by atoms with E-state index >= 15 is 0 Å². The first-order valence-corrected chi connectivity index (χ1v) is 12.4. The van der Waals surface area contributed by atoms with Gasteiger partial charge >= 0.3 is 0 Å². The van der Waals surface area contributed by atoms with Crippen molar-refractivity contribution < 1.29 is 9.90 Å². The van der Waals surface area contributed by atoms with Gasteiger partial charge in [0.2, 0.25) is 5.91 Å². The lowest BCUT2D eigenvalue weighted by Crippen LogP contribution is -2.54. The molecule has 2 aliphatic carbocycles. The summed E-state index contributed by atoms with van der Waals surface area (Å²) in [6.07, 6.45) is 10.0. The molecule has 1 aliphatic heterocycles. The zero-order valence-electron chi connectivity index (χ0n) is 20.9. The molecule has 0 spiro atoms. The SMILES string of the molecule is C=C1CC[C@@H]2C(C)(C)[C@H](O)CC[C@@]2(C)[C@@H]1CC/C(C)=C/C(=O)N1CCC(N(C)C)CC1. The molecular weight excluding hydrogens is 384 g/mol. The highest BCUT2D eigenvalue weighted by Crippen LogP contribution is 2.61. The van der Waals surface area contributed by atoms with Crippen molar-refractivity contribution in [3.8, 4) is 0 Å². The fourth-order valence-electron chi connectivity index (χ4n) is 7.05. The average molecular weight is 431 g/mol. The fourth-order valence-corrected chi connectivity index (χ4v) is 7.05. The van der Waals surface area contributed by atoms with Gasteiger partial charge in [0, 0.05) is 25.2 Å². The highest BCUT2D eigenvalue weighted by Gasteiger charge is 2.55. The van der Waals surface area contributed by atoms with Crippen LogP contribution in [0, 0.1) is 22.7 Å². The third kappa shape index (κ3) is 4.95. The third-order valence-corrected chi connectivity index (χ3v) is 9.26. The first-order valence-electron chi connectivity index (χ1n) is 12.4. The Hall–Kier alpha value is -1.13. The molecule has 0 unspecified atom stereocenters. The maximum absolute atomic E-state index is 12.8. The number of allylic oxidation sites excluding steroid dienone is 2. The molecule has 1 saturated heterocycles. The van der Waals surface area contributed by atoms with Crippen molar-refractivity contribution in [3.63, 3.8) is 0 Å². The summed E-state index contributed by atoms with van der Waals surface area (Å²) in [5.74, 6) is 1.19. The maximum Gasteiger partial charge on any atom is 0.246 e. The van der Waals surface area contributed by atoms with Gasteiger partial charge < -0.3 is 14.9 Å². The van der Waals surface area contributed by atoms with Gasteiger partial charge in [-0.2, -0.15) is 0 Å². The molecule has 1 heterocycles. The van der Waals surface area contributed by atoms with Crippen LogP contribution in [0.1, 0.15) is 79.1 Å². The lowest BCUT2D eigenvalue weighted by molar-refractivity contribution is -0.127. The number of amides is 1. The predicted molar refractivity (Wildman–Crippen MR) is 129 cm³/mol. The van der Waals surface area contributed by atoms with Gasteiger partial charge in [0.25, 0.3) is 0 Å². The standard InChI is InChI=1S/C27H46N2O2/c1-19(18-25(31)29-16-13-21(14-17-29)28(6)7)8-10-22-20(2)9-11-23-26(3,4)24(30)12-15-27(22,23)5/h18,21-24,30H,2,8-17H2,1,3-7H3/b19-18+/t22-,23-,24-,27+/m1/s1. The first kappa shape index (κ1) is 24.5. The number of hydrogen-bond donors (Lipinski definition) is 1. The van der Waals surface area contributed by atoms with E-state index in [4.69, 9.17) is 0 Å². The van der Waals surface area contributed by atoms with E-state index in [-0.39, 0.29) is 22.8 Å². The summed E-state index contributed by atoms with van der Waals surface area (Å²) in [6, 6.07) is 0.596. The lowest BCUT2D eigenvalue weighted by Gasteiger charge is -2.59. The van der Waals surface area contributed by atoms with Gasteiger partial charge in [-0.3, -0.25) is 4.79 Å². The van der Waals surface area contributed by atoms with Crippen molar-refractivity contribution in [2.24, 2.45) is 22.7 Å². The molecule has 1 N–H and O–H groups in total. The smallest absolute Gasteiger partial charge is 0.246 e. The quantitative estimate of drug-likeness (QED) is 0.491. The number of hydrogen-bond acceptors (Lipinski definition) is 3. The number of piperidine rings is 1. The third-order valence-electron chi connectivity index (χ3n) is 9.26. The van der Waals surface area contributed by atoms with Crippen LogP contribution in [0.5, 0.6) is 0 Å². The highest BCUT2D eigenvalue weighted by atomic mass is 16.3. The Morgan fingerprint density at radius 2 is 1.84 bits per heavy atom. The molecule has 1 amide bonds. The number of carbonyl (C=O) groups excluding carboxylic acids is 1. The second kappa shape index (κ2) is 9.39. The van der Waals surface area contributed by atoms with E-state index in [0.717, 1.165) is 64.5 Å². The Bertz CT molecular complexity index is 702. The topological polar surface area (TPSA) is 43.8 Å². The van der Waals surface area contributed by atoms with Crippen molar-refractivity contribution in [2.45, 2.75) is 91.2 Å². The summed E-state index contributed by atoms with van der Waals surface area (Å²) in [5, 5.41) is 10.7. The van der Waals surface area contributed by atoms with Crippen LogP contribution < -0.4 is 0 Å². The summed E-state index contributed by atoms with van der Waals surface area (Å²) in [7, 11) is 4.26. The van der Waals surface area contributed by atoms with Crippen molar-refractivity contribution in [1.29, 1.82) is 0 Å². The number of aliphatic hydroxyl groups is 1. The fraction of sp³-hybridized carbons (Fsp3) is 0.815. The Kier molecular flexibility index (Phi) is 7.42. The molecule has 176 valence electrons. The van der Waals surface area contributed by atoms with Gasteiger partial charge in [-0.15, -0.1) is 0 Å². The summed E-state index contributed by atoms with van der Waals surface area (Å²) < 4.78 is 0. The molecular formula is C27H46N2O2. The van der Waals surface area contributed by atoms with Gasteiger partial charge in [-0.1, -0.05) is 38.5 Å². The van der Waals surface area contributed by atoms with Crippen LogP contribution in [0.4, 0.5) is 0 Å². The summed E-state index contributed by atoms with van der Waals surface area (Å²) >= 11 is 0.